The van der Waals surface area contributed by atoms with Crippen molar-refractivity contribution in [3.05, 3.63) is 35.2 Å². The molecular formula is C13H15FN4O3. The van der Waals surface area contributed by atoms with Crippen LogP contribution in [0, 0.1) is 12.7 Å². The topological polar surface area (TPSA) is 103 Å². The summed E-state index contributed by atoms with van der Waals surface area (Å²) < 4.78 is 23.6. The number of nitrogens with one attached hydrogen (secondary N) is 1. The summed E-state index contributed by atoms with van der Waals surface area (Å²) in [7, 11) is 0. The number of anilines is 2. The molecule has 1 heterocycles. The molecule has 0 amide bonds. The van der Waals surface area contributed by atoms with Gasteiger partial charge in [-0.15, -0.1) is 0 Å². The number of carbonyl (C=O) groups excluding carboxylic acids is 1. The van der Waals surface area contributed by atoms with Crippen LogP contribution < -0.4 is 11.1 Å². The molecule has 21 heavy (non-hydrogen) atoms. The molecular weight excluding hydrogens is 279 g/mol. The third-order valence-corrected chi connectivity index (χ3v) is 2.63. The molecule has 0 unspecified atom stereocenters. The number of rotatable bonds is 5. The monoisotopic (exact) mass is 294 g/mol. The van der Waals surface area contributed by atoms with Crippen LogP contribution in [0.3, 0.4) is 0 Å². The highest BCUT2D eigenvalue weighted by Crippen LogP contribution is 2.23. The van der Waals surface area contributed by atoms with E-state index in [2.05, 4.69) is 15.5 Å². The van der Waals surface area contributed by atoms with Crippen LogP contribution in [-0.2, 0) is 11.3 Å². The van der Waals surface area contributed by atoms with Crippen molar-refractivity contribution < 1.29 is 18.4 Å². The van der Waals surface area contributed by atoms with Crippen molar-refractivity contribution in [2.75, 3.05) is 17.7 Å². The Morgan fingerprint density at radius 3 is 2.90 bits per heavy atom. The number of halogens is 1. The van der Waals surface area contributed by atoms with Crippen LogP contribution in [0.5, 0.6) is 0 Å². The smallest absolute Gasteiger partial charge is 0.340 e. The summed E-state index contributed by atoms with van der Waals surface area (Å²) >= 11 is 0. The molecule has 112 valence electrons. The van der Waals surface area contributed by atoms with E-state index in [1.807, 2.05) is 0 Å². The molecule has 1 aromatic heterocycles. The molecule has 3 N–H and O–H groups in total. The zero-order valence-corrected chi connectivity index (χ0v) is 11.6. The second-order valence-electron chi connectivity index (χ2n) is 4.23. The highest BCUT2D eigenvalue weighted by Gasteiger charge is 2.15. The molecule has 8 heteroatoms. The summed E-state index contributed by atoms with van der Waals surface area (Å²) in [5.74, 6) is -0.401. The fourth-order valence-electron chi connectivity index (χ4n) is 1.69. The predicted molar refractivity (Wildman–Crippen MR) is 73.1 cm³/mol. The zero-order chi connectivity index (χ0) is 15.4. The van der Waals surface area contributed by atoms with Crippen molar-refractivity contribution >= 4 is 17.3 Å². The van der Waals surface area contributed by atoms with Gasteiger partial charge in [0.2, 0.25) is 5.89 Å². The van der Waals surface area contributed by atoms with Gasteiger partial charge in [0.1, 0.15) is 5.82 Å². The molecule has 0 aliphatic carbocycles. The number of esters is 1. The summed E-state index contributed by atoms with van der Waals surface area (Å²) in [5, 5.41) is 6.39. The second kappa shape index (κ2) is 6.21. The molecule has 1 aromatic carbocycles. The van der Waals surface area contributed by atoms with Gasteiger partial charge in [-0.25, -0.2) is 9.18 Å². The van der Waals surface area contributed by atoms with Gasteiger partial charge < -0.3 is 20.3 Å². The number of carbonyl (C=O) groups is 1. The normalized spacial score (nSPS) is 10.4. The number of nitrogens with zero attached hydrogens (tertiary/aromatic N) is 2. The SMILES string of the molecule is CCOC(=O)c1cc(NCc2nc(C)no2)c(F)cc1N. The van der Waals surface area contributed by atoms with E-state index in [1.54, 1.807) is 13.8 Å². The molecule has 0 radical (unpaired) electrons. The molecule has 2 aromatic rings. The predicted octanol–water partition coefficient (Wildman–Crippen LogP) is 1.89. The van der Waals surface area contributed by atoms with Crippen LogP contribution in [0.15, 0.2) is 16.7 Å². The Morgan fingerprint density at radius 2 is 2.29 bits per heavy atom. The van der Waals surface area contributed by atoms with Gasteiger partial charge in [0.15, 0.2) is 5.82 Å². The lowest BCUT2D eigenvalue weighted by Crippen LogP contribution is -2.10. The molecule has 0 aliphatic rings. The molecule has 0 aliphatic heterocycles. The van der Waals surface area contributed by atoms with Crippen LogP contribution in [0.25, 0.3) is 0 Å². The first-order chi connectivity index (χ1) is 10.0. The molecule has 0 fully saturated rings. The Balaban J connectivity index is 2.18. The Kier molecular flexibility index (Phi) is 4.36. The van der Waals surface area contributed by atoms with E-state index in [1.165, 1.54) is 6.07 Å². The van der Waals surface area contributed by atoms with Gasteiger partial charge >= 0.3 is 5.97 Å². The maximum atomic E-state index is 13.8. The minimum absolute atomic E-state index is 0.0186. The van der Waals surface area contributed by atoms with Crippen molar-refractivity contribution in [1.29, 1.82) is 0 Å². The fourth-order valence-corrected chi connectivity index (χ4v) is 1.69. The number of nitrogens with two attached hydrogens (primary N) is 1. The van der Waals surface area contributed by atoms with Crippen molar-refractivity contribution in [1.82, 2.24) is 10.1 Å². The highest BCUT2D eigenvalue weighted by atomic mass is 19.1. The number of aryl methyl sites for hydroxylation is 1. The lowest BCUT2D eigenvalue weighted by Gasteiger charge is -2.10. The summed E-state index contributed by atoms with van der Waals surface area (Å²) in [6, 6.07) is 2.36. The first kappa shape index (κ1) is 14.8. The summed E-state index contributed by atoms with van der Waals surface area (Å²) in [6.07, 6.45) is 0. The summed E-state index contributed by atoms with van der Waals surface area (Å²) in [6.45, 7) is 3.69. The summed E-state index contributed by atoms with van der Waals surface area (Å²) in [5.41, 5.74) is 5.84. The Labute approximate surface area is 120 Å². The second-order valence-corrected chi connectivity index (χ2v) is 4.23. The maximum Gasteiger partial charge on any atom is 0.340 e. The van der Waals surface area contributed by atoms with Crippen molar-refractivity contribution in [3.63, 3.8) is 0 Å². The number of ether oxygens (including phenoxy) is 1. The third kappa shape index (κ3) is 3.47. The van der Waals surface area contributed by atoms with Crippen molar-refractivity contribution in [2.24, 2.45) is 0 Å². The van der Waals surface area contributed by atoms with Crippen LogP contribution in [0.4, 0.5) is 15.8 Å². The molecule has 7 nitrogen and oxygen atoms in total. The van der Waals surface area contributed by atoms with Gasteiger partial charge in [-0.1, -0.05) is 5.16 Å². The molecule has 2 rings (SSSR count). The number of hydrogen-bond donors (Lipinski definition) is 2. The minimum atomic E-state index is -0.605. The van der Waals surface area contributed by atoms with E-state index in [0.717, 1.165) is 6.07 Å². The van der Waals surface area contributed by atoms with Crippen molar-refractivity contribution in [2.45, 2.75) is 20.4 Å². The van der Waals surface area contributed by atoms with Gasteiger partial charge in [-0.05, 0) is 26.0 Å². The molecule has 0 saturated carbocycles. The van der Waals surface area contributed by atoms with Crippen LogP contribution in [0.1, 0.15) is 29.0 Å². The van der Waals surface area contributed by atoms with Gasteiger partial charge in [-0.3, -0.25) is 0 Å². The zero-order valence-electron chi connectivity index (χ0n) is 11.6. The van der Waals surface area contributed by atoms with E-state index >= 15 is 0 Å². The Morgan fingerprint density at radius 1 is 1.52 bits per heavy atom. The minimum Gasteiger partial charge on any atom is -0.462 e. The maximum absolute atomic E-state index is 13.8. The number of hydrogen-bond acceptors (Lipinski definition) is 7. The quantitative estimate of drug-likeness (QED) is 0.641. The highest BCUT2D eigenvalue weighted by molar-refractivity contribution is 5.96. The standard InChI is InChI=1S/C13H15FN4O3/c1-3-20-13(19)8-4-11(9(14)5-10(8)15)16-6-12-17-7(2)18-21-12/h4-5,16H,3,6,15H2,1-2H3. The van der Waals surface area contributed by atoms with E-state index in [-0.39, 0.29) is 30.1 Å². The van der Waals surface area contributed by atoms with Crippen LogP contribution >= 0.6 is 0 Å². The average molecular weight is 294 g/mol. The molecule has 0 bridgehead atoms. The summed E-state index contributed by atoms with van der Waals surface area (Å²) in [4.78, 5) is 15.7. The lowest BCUT2D eigenvalue weighted by molar-refractivity contribution is 0.0527. The molecule has 0 spiro atoms. The average Bonchev–Trinajstić information content (AvgIpc) is 2.83. The van der Waals surface area contributed by atoms with Crippen LogP contribution in [-0.4, -0.2) is 22.7 Å². The lowest BCUT2D eigenvalue weighted by atomic mass is 10.1. The first-order valence-electron chi connectivity index (χ1n) is 6.30. The van der Waals surface area contributed by atoms with Gasteiger partial charge in [0.25, 0.3) is 0 Å². The molecule has 0 atom stereocenters. The number of benzene rings is 1. The molecule has 0 saturated heterocycles. The van der Waals surface area contributed by atoms with Gasteiger partial charge in [-0.2, -0.15) is 4.98 Å². The fraction of sp³-hybridized carbons (Fsp3) is 0.308. The number of aromatic nitrogens is 2. The largest absolute Gasteiger partial charge is 0.462 e. The van der Waals surface area contributed by atoms with E-state index in [9.17, 15) is 9.18 Å². The van der Waals surface area contributed by atoms with Gasteiger partial charge in [0, 0.05) is 5.69 Å². The van der Waals surface area contributed by atoms with Crippen molar-refractivity contribution in [3.8, 4) is 0 Å². The first-order valence-corrected chi connectivity index (χ1v) is 6.30. The third-order valence-electron chi connectivity index (χ3n) is 2.63. The van der Waals surface area contributed by atoms with E-state index < -0.39 is 11.8 Å². The van der Waals surface area contributed by atoms with E-state index in [0.29, 0.717) is 11.7 Å². The number of nitrogen functional groups attached to an aromatic ring is 1. The van der Waals surface area contributed by atoms with Gasteiger partial charge in [0.05, 0.1) is 24.4 Å². The Hall–Kier alpha value is -2.64. The van der Waals surface area contributed by atoms with Crippen LogP contribution in [0.2, 0.25) is 0 Å². The van der Waals surface area contributed by atoms with E-state index in [4.69, 9.17) is 15.0 Å². The Bertz CT molecular complexity index is 657.